The van der Waals surface area contributed by atoms with Crippen molar-refractivity contribution < 1.29 is 9.90 Å². The summed E-state index contributed by atoms with van der Waals surface area (Å²) < 4.78 is 0. The number of nitrogens with one attached hydrogen (secondary N) is 2. The first-order chi connectivity index (χ1) is 7.68. The first-order valence-corrected chi connectivity index (χ1v) is 6.40. The largest absolute Gasteiger partial charge is 0.388 e. The van der Waals surface area contributed by atoms with E-state index in [0.717, 1.165) is 25.7 Å². The van der Waals surface area contributed by atoms with Crippen molar-refractivity contribution in [3.8, 4) is 0 Å². The van der Waals surface area contributed by atoms with Crippen molar-refractivity contribution in [2.24, 2.45) is 0 Å². The van der Waals surface area contributed by atoms with Gasteiger partial charge in [-0.3, -0.25) is 4.79 Å². The fraction of sp³-hybridized carbons (Fsp3) is 0.917. The molecule has 4 heteroatoms. The summed E-state index contributed by atoms with van der Waals surface area (Å²) >= 11 is 0. The second kappa shape index (κ2) is 5.15. The summed E-state index contributed by atoms with van der Waals surface area (Å²) in [6, 6.07) is 0.559. The van der Waals surface area contributed by atoms with E-state index in [9.17, 15) is 9.90 Å². The van der Waals surface area contributed by atoms with Gasteiger partial charge in [-0.15, -0.1) is 0 Å². The third kappa shape index (κ3) is 3.76. The van der Waals surface area contributed by atoms with E-state index >= 15 is 0 Å². The molecular weight excluding hydrogens is 204 g/mol. The molecule has 2 aliphatic rings. The predicted octanol–water partition coefficient (Wildman–Crippen LogP) is 0.550. The molecule has 4 nitrogen and oxygen atoms in total. The predicted molar refractivity (Wildman–Crippen MR) is 62.1 cm³/mol. The van der Waals surface area contributed by atoms with Crippen LogP contribution in [0.4, 0.5) is 0 Å². The van der Waals surface area contributed by atoms with Crippen LogP contribution in [0.15, 0.2) is 0 Å². The van der Waals surface area contributed by atoms with Gasteiger partial charge in [0.05, 0.1) is 12.1 Å². The number of aliphatic hydroxyl groups is 1. The Bertz CT molecular complexity index is 245. The molecule has 0 heterocycles. The van der Waals surface area contributed by atoms with Crippen LogP contribution in [0.2, 0.25) is 0 Å². The van der Waals surface area contributed by atoms with Crippen LogP contribution in [-0.2, 0) is 4.79 Å². The number of carbonyl (C=O) groups is 1. The number of hydrogen-bond acceptors (Lipinski definition) is 3. The molecule has 2 fully saturated rings. The van der Waals surface area contributed by atoms with Gasteiger partial charge in [-0.1, -0.05) is 19.3 Å². The molecule has 0 aliphatic heterocycles. The Kier molecular flexibility index (Phi) is 3.82. The highest BCUT2D eigenvalue weighted by Crippen LogP contribution is 2.27. The average molecular weight is 226 g/mol. The van der Waals surface area contributed by atoms with Gasteiger partial charge < -0.3 is 15.7 Å². The number of hydrogen-bond donors (Lipinski definition) is 3. The first-order valence-electron chi connectivity index (χ1n) is 6.40. The zero-order valence-corrected chi connectivity index (χ0v) is 9.80. The Morgan fingerprint density at radius 3 is 2.56 bits per heavy atom. The van der Waals surface area contributed by atoms with Crippen LogP contribution < -0.4 is 10.6 Å². The van der Waals surface area contributed by atoms with E-state index < -0.39 is 5.60 Å². The quantitative estimate of drug-likeness (QED) is 0.641. The van der Waals surface area contributed by atoms with Crippen molar-refractivity contribution in [3.05, 3.63) is 0 Å². The summed E-state index contributed by atoms with van der Waals surface area (Å²) in [4.78, 5) is 11.5. The van der Waals surface area contributed by atoms with E-state index in [1.54, 1.807) is 0 Å². The molecule has 2 aliphatic carbocycles. The third-order valence-electron chi connectivity index (χ3n) is 3.53. The maximum absolute atomic E-state index is 11.5. The van der Waals surface area contributed by atoms with Crippen LogP contribution in [0, 0.1) is 0 Å². The molecule has 2 rings (SSSR count). The summed E-state index contributed by atoms with van der Waals surface area (Å²) in [5.74, 6) is 0.00546. The standard InChI is InChI=1S/C12H22N2O2/c15-11(8-13-10-4-5-10)14-9-12(16)6-2-1-3-7-12/h10,13,16H,1-9H2,(H,14,15). The third-order valence-corrected chi connectivity index (χ3v) is 3.53. The van der Waals surface area contributed by atoms with E-state index in [0.29, 0.717) is 19.1 Å². The fourth-order valence-electron chi connectivity index (χ4n) is 2.24. The highest BCUT2D eigenvalue weighted by atomic mass is 16.3. The lowest BCUT2D eigenvalue weighted by Crippen LogP contribution is -2.46. The van der Waals surface area contributed by atoms with E-state index in [1.807, 2.05) is 0 Å². The number of amides is 1. The summed E-state index contributed by atoms with van der Waals surface area (Å²) in [6.45, 7) is 0.804. The van der Waals surface area contributed by atoms with Gasteiger partial charge in [0.15, 0.2) is 0 Å². The molecule has 0 aromatic heterocycles. The van der Waals surface area contributed by atoms with Crippen molar-refractivity contribution in [2.75, 3.05) is 13.1 Å². The lowest BCUT2D eigenvalue weighted by molar-refractivity contribution is -0.121. The Hall–Kier alpha value is -0.610. The van der Waals surface area contributed by atoms with Gasteiger partial charge in [0, 0.05) is 12.6 Å². The van der Waals surface area contributed by atoms with E-state index in [4.69, 9.17) is 0 Å². The SMILES string of the molecule is O=C(CNC1CC1)NCC1(O)CCCCC1. The summed E-state index contributed by atoms with van der Waals surface area (Å²) in [5.41, 5.74) is -0.645. The van der Waals surface area contributed by atoms with Crippen molar-refractivity contribution in [1.29, 1.82) is 0 Å². The Morgan fingerprint density at radius 2 is 1.94 bits per heavy atom. The van der Waals surface area contributed by atoms with E-state index in [2.05, 4.69) is 10.6 Å². The van der Waals surface area contributed by atoms with Crippen LogP contribution in [0.1, 0.15) is 44.9 Å². The van der Waals surface area contributed by atoms with Crippen molar-refractivity contribution in [3.63, 3.8) is 0 Å². The fourth-order valence-corrected chi connectivity index (χ4v) is 2.24. The molecule has 3 N–H and O–H groups in total. The lowest BCUT2D eigenvalue weighted by atomic mass is 9.85. The van der Waals surface area contributed by atoms with E-state index in [1.165, 1.54) is 19.3 Å². The van der Waals surface area contributed by atoms with Crippen LogP contribution in [-0.4, -0.2) is 35.7 Å². The van der Waals surface area contributed by atoms with Crippen molar-refractivity contribution in [2.45, 2.75) is 56.6 Å². The van der Waals surface area contributed by atoms with Crippen molar-refractivity contribution in [1.82, 2.24) is 10.6 Å². The Balaban J connectivity index is 1.62. The monoisotopic (exact) mass is 226 g/mol. The summed E-state index contributed by atoms with van der Waals surface area (Å²) in [7, 11) is 0. The molecule has 0 bridgehead atoms. The maximum Gasteiger partial charge on any atom is 0.234 e. The molecule has 0 atom stereocenters. The second-order valence-corrected chi connectivity index (χ2v) is 5.22. The van der Waals surface area contributed by atoms with Gasteiger partial charge in [0.1, 0.15) is 0 Å². The van der Waals surface area contributed by atoms with Crippen LogP contribution in [0.25, 0.3) is 0 Å². The molecule has 0 unspecified atom stereocenters. The molecule has 0 aromatic rings. The van der Waals surface area contributed by atoms with Gasteiger partial charge >= 0.3 is 0 Å². The molecule has 0 saturated heterocycles. The normalized spacial score (nSPS) is 24.1. The van der Waals surface area contributed by atoms with Crippen LogP contribution >= 0.6 is 0 Å². The molecule has 0 radical (unpaired) electrons. The molecule has 16 heavy (non-hydrogen) atoms. The highest BCUT2D eigenvalue weighted by molar-refractivity contribution is 5.78. The van der Waals surface area contributed by atoms with Crippen molar-refractivity contribution >= 4 is 5.91 Å². The lowest BCUT2D eigenvalue weighted by Gasteiger charge is -2.32. The molecule has 0 spiro atoms. The van der Waals surface area contributed by atoms with Gasteiger partial charge in [0.25, 0.3) is 0 Å². The summed E-state index contributed by atoms with van der Waals surface area (Å²) in [6.07, 6.45) is 7.39. The Morgan fingerprint density at radius 1 is 1.25 bits per heavy atom. The van der Waals surface area contributed by atoms with Crippen LogP contribution in [0.3, 0.4) is 0 Å². The maximum atomic E-state index is 11.5. The number of rotatable bonds is 5. The summed E-state index contributed by atoms with van der Waals surface area (Å²) in [5, 5.41) is 16.2. The molecular formula is C12H22N2O2. The average Bonchev–Trinajstić information content (AvgIpc) is 3.09. The second-order valence-electron chi connectivity index (χ2n) is 5.22. The van der Waals surface area contributed by atoms with Gasteiger partial charge in [-0.2, -0.15) is 0 Å². The van der Waals surface area contributed by atoms with Gasteiger partial charge in [-0.25, -0.2) is 0 Å². The first kappa shape index (κ1) is 11.9. The zero-order chi connectivity index (χ0) is 11.4. The molecule has 2 saturated carbocycles. The zero-order valence-electron chi connectivity index (χ0n) is 9.80. The topological polar surface area (TPSA) is 61.4 Å². The molecule has 1 amide bonds. The van der Waals surface area contributed by atoms with Gasteiger partial charge in [0.2, 0.25) is 5.91 Å². The highest BCUT2D eigenvalue weighted by Gasteiger charge is 2.29. The Labute approximate surface area is 96.8 Å². The molecule has 92 valence electrons. The van der Waals surface area contributed by atoms with Crippen LogP contribution in [0.5, 0.6) is 0 Å². The minimum Gasteiger partial charge on any atom is -0.388 e. The number of carbonyl (C=O) groups excluding carboxylic acids is 1. The molecule has 0 aromatic carbocycles. The smallest absolute Gasteiger partial charge is 0.234 e. The minimum absolute atomic E-state index is 0.00546. The van der Waals surface area contributed by atoms with Gasteiger partial charge in [-0.05, 0) is 25.7 Å². The minimum atomic E-state index is -0.645. The van der Waals surface area contributed by atoms with E-state index in [-0.39, 0.29) is 5.91 Å².